The van der Waals surface area contributed by atoms with Crippen molar-refractivity contribution in [3.63, 3.8) is 0 Å². The monoisotopic (exact) mass is 242 g/mol. The highest BCUT2D eigenvalue weighted by Crippen LogP contribution is 2.31. The van der Waals surface area contributed by atoms with Gasteiger partial charge in [0.25, 0.3) is 0 Å². The lowest BCUT2D eigenvalue weighted by molar-refractivity contribution is 0.218. The molecule has 1 unspecified atom stereocenters. The summed E-state index contributed by atoms with van der Waals surface area (Å²) in [7, 11) is 0. The maximum Gasteiger partial charge on any atom is 0.132 e. The Hall–Kier alpha value is -1.78. The maximum absolute atomic E-state index is 10.2. The van der Waals surface area contributed by atoms with Crippen LogP contribution in [0.1, 0.15) is 16.7 Å². The Labute approximate surface area is 102 Å². The molecule has 2 aromatic heterocycles. The molecular formula is C13H10N2OS. The van der Waals surface area contributed by atoms with Crippen LogP contribution in [0.2, 0.25) is 0 Å². The van der Waals surface area contributed by atoms with Gasteiger partial charge in [-0.2, -0.15) is 0 Å². The Morgan fingerprint density at radius 1 is 1.18 bits per heavy atom. The lowest BCUT2D eigenvalue weighted by Crippen LogP contribution is -2.00. The fourth-order valence-corrected chi connectivity index (χ4v) is 2.80. The van der Waals surface area contributed by atoms with E-state index in [2.05, 4.69) is 9.97 Å². The third-order valence-electron chi connectivity index (χ3n) is 2.58. The minimum Gasteiger partial charge on any atom is -0.381 e. The first kappa shape index (κ1) is 10.4. The van der Waals surface area contributed by atoms with Gasteiger partial charge < -0.3 is 5.11 Å². The molecule has 4 heteroatoms. The van der Waals surface area contributed by atoms with Gasteiger partial charge in [-0.1, -0.05) is 18.2 Å². The van der Waals surface area contributed by atoms with Crippen LogP contribution >= 0.6 is 11.3 Å². The Balaban J connectivity index is 2.04. The molecule has 0 aliphatic rings. The van der Waals surface area contributed by atoms with Gasteiger partial charge in [0, 0.05) is 22.0 Å². The summed E-state index contributed by atoms with van der Waals surface area (Å²) in [5, 5.41) is 11.3. The van der Waals surface area contributed by atoms with E-state index in [1.165, 1.54) is 4.70 Å². The number of aliphatic hydroxyl groups is 1. The first-order valence-electron chi connectivity index (χ1n) is 5.27. The van der Waals surface area contributed by atoms with Gasteiger partial charge in [-0.05, 0) is 17.5 Å². The standard InChI is InChI=1S/C13H10N2OS/c16-13(10-8-14-5-6-15-10)12-7-9-3-1-2-4-11(9)17-12/h1-8,13,16H. The molecule has 1 aromatic carbocycles. The number of hydrogen-bond acceptors (Lipinski definition) is 4. The lowest BCUT2D eigenvalue weighted by atomic mass is 10.2. The molecule has 0 saturated carbocycles. The number of hydrogen-bond donors (Lipinski definition) is 1. The quantitative estimate of drug-likeness (QED) is 0.751. The van der Waals surface area contributed by atoms with Crippen molar-refractivity contribution in [1.29, 1.82) is 0 Å². The van der Waals surface area contributed by atoms with Gasteiger partial charge in [-0.3, -0.25) is 9.97 Å². The predicted molar refractivity (Wildman–Crippen MR) is 67.9 cm³/mol. The molecule has 0 bridgehead atoms. The highest BCUT2D eigenvalue weighted by atomic mass is 32.1. The number of aromatic nitrogens is 2. The van der Waals surface area contributed by atoms with Crippen molar-refractivity contribution >= 4 is 21.4 Å². The predicted octanol–water partition coefficient (Wildman–Crippen LogP) is 2.77. The molecule has 0 radical (unpaired) electrons. The summed E-state index contributed by atoms with van der Waals surface area (Å²) in [6.45, 7) is 0. The van der Waals surface area contributed by atoms with Gasteiger partial charge in [-0.15, -0.1) is 11.3 Å². The van der Waals surface area contributed by atoms with E-state index in [-0.39, 0.29) is 0 Å². The van der Waals surface area contributed by atoms with Crippen LogP contribution in [0.25, 0.3) is 10.1 Å². The molecule has 84 valence electrons. The van der Waals surface area contributed by atoms with Gasteiger partial charge in [0.2, 0.25) is 0 Å². The van der Waals surface area contributed by atoms with Crippen LogP contribution in [0.15, 0.2) is 48.9 Å². The molecule has 0 amide bonds. The number of rotatable bonds is 2. The van der Waals surface area contributed by atoms with E-state index >= 15 is 0 Å². The number of fused-ring (bicyclic) bond motifs is 1. The number of nitrogens with zero attached hydrogens (tertiary/aromatic N) is 2. The molecule has 2 heterocycles. The molecule has 3 rings (SSSR count). The summed E-state index contributed by atoms with van der Waals surface area (Å²) in [5.74, 6) is 0. The van der Waals surface area contributed by atoms with Crippen LogP contribution in [0.3, 0.4) is 0 Å². The molecule has 1 atom stereocenters. The summed E-state index contributed by atoms with van der Waals surface area (Å²) in [5.41, 5.74) is 0.582. The zero-order valence-electron chi connectivity index (χ0n) is 8.95. The molecule has 3 aromatic rings. The average molecular weight is 242 g/mol. The van der Waals surface area contributed by atoms with Crippen molar-refractivity contribution in [2.24, 2.45) is 0 Å². The van der Waals surface area contributed by atoms with Crippen molar-refractivity contribution in [2.45, 2.75) is 6.10 Å². The number of aliphatic hydroxyl groups excluding tert-OH is 1. The van der Waals surface area contributed by atoms with Crippen molar-refractivity contribution in [1.82, 2.24) is 9.97 Å². The Morgan fingerprint density at radius 2 is 2.06 bits per heavy atom. The fourth-order valence-electron chi connectivity index (χ4n) is 1.73. The number of thiophene rings is 1. The zero-order valence-corrected chi connectivity index (χ0v) is 9.76. The molecule has 0 spiro atoms. The minimum absolute atomic E-state index is 0.582. The van der Waals surface area contributed by atoms with E-state index in [9.17, 15) is 5.11 Å². The molecule has 3 nitrogen and oxygen atoms in total. The van der Waals surface area contributed by atoms with E-state index in [1.54, 1.807) is 29.9 Å². The van der Waals surface area contributed by atoms with Crippen molar-refractivity contribution in [2.75, 3.05) is 0 Å². The second-order valence-electron chi connectivity index (χ2n) is 3.72. The topological polar surface area (TPSA) is 46.0 Å². The van der Waals surface area contributed by atoms with Gasteiger partial charge in [0.1, 0.15) is 6.10 Å². The summed E-state index contributed by atoms with van der Waals surface area (Å²) >= 11 is 1.58. The smallest absolute Gasteiger partial charge is 0.132 e. The first-order chi connectivity index (χ1) is 8.34. The van der Waals surface area contributed by atoms with E-state index in [0.29, 0.717) is 5.69 Å². The summed E-state index contributed by atoms with van der Waals surface area (Å²) in [6, 6.07) is 10.1. The molecular weight excluding hydrogens is 232 g/mol. The van der Waals surface area contributed by atoms with E-state index in [0.717, 1.165) is 10.3 Å². The van der Waals surface area contributed by atoms with Gasteiger partial charge in [0.05, 0.1) is 11.9 Å². The summed E-state index contributed by atoms with van der Waals surface area (Å²) in [4.78, 5) is 8.98. The Kier molecular flexibility index (Phi) is 2.59. The van der Waals surface area contributed by atoms with Crippen molar-refractivity contribution < 1.29 is 5.11 Å². The van der Waals surface area contributed by atoms with E-state index < -0.39 is 6.10 Å². The third-order valence-corrected chi connectivity index (χ3v) is 3.75. The van der Waals surface area contributed by atoms with Gasteiger partial charge in [0.15, 0.2) is 0 Å². The second kappa shape index (κ2) is 4.24. The Morgan fingerprint density at radius 3 is 2.82 bits per heavy atom. The normalized spacial score (nSPS) is 12.8. The van der Waals surface area contributed by atoms with Crippen LogP contribution in [0.5, 0.6) is 0 Å². The van der Waals surface area contributed by atoms with Crippen LogP contribution in [0, 0.1) is 0 Å². The first-order valence-corrected chi connectivity index (χ1v) is 6.09. The van der Waals surface area contributed by atoms with E-state index in [1.807, 2.05) is 30.3 Å². The van der Waals surface area contributed by atoms with Crippen LogP contribution in [-0.2, 0) is 0 Å². The highest BCUT2D eigenvalue weighted by molar-refractivity contribution is 7.19. The van der Waals surface area contributed by atoms with Crippen molar-refractivity contribution in [3.05, 3.63) is 59.5 Å². The molecule has 0 aliphatic carbocycles. The van der Waals surface area contributed by atoms with E-state index in [4.69, 9.17) is 0 Å². The fraction of sp³-hybridized carbons (Fsp3) is 0.0769. The molecule has 0 saturated heterocycles. The van der Waals surface area contributed by atoms with Gasteiger partial charge >= 0.3 is 0 Å². The minimum atomic E-state index is -0.693. The zero-order chi connectivity index (χ0) is 11.7. The lowest BCUT2D eigenvalue weighted by Gasteiger charge is -2.05. The second-order valence-corrected chi connectivity index (χ2v) is 4.83. The highest BCUT2D eigenvalue weighted by Gasteiger charge is 2.14. The SMILES string of the molecule is OC(c1cnccn1)c1cc2ccccc2s1. The number of benzene rings is 1. The summed E-state index contributed by atoms with van der Waals surface area (Å²) in [6.07, 6.45) is 4.09. The molecule has 0 aliphatic heterocycles. The van der Waals surface area contributed by atoms with Gasteiger partial charge in [-0.25, -0.2) is 0 Å². The summed E-state index contributed by atoms with van der Waals surface area (Å²) < 4.78 is 1.17. The molecule has 1 N–H and O–H groups in total. The van der Waals surface area contributed by atoms with Crippen molar-refractivity contribution in [3.8, 4) is 0 Å². The average Bonchev–Trinajstić information content (AvgIpc) is 2.82. The van der Waals surface area contributed by atoms with Crippen LogP contribution in [-0.4, -0.2) is 15.1 Å². The van der Waals surface area contributed by atoms with Crippen LogP contribution in [0.4, 0.5) is 0 Å². The molecule has 0 fully saturated rings. The Bertz CT molecular complexity index is 603. The van der Waals surface area contributed by atoms with Crippen LogP contribution < -0.4 is 0 Å². The maximum atomic E-state index is 10.2. The largest absolute Gasteiger partial charge is 0.381 e. The third kappa shape index (κ3) is 1.92. The molecule has 17 heavy (non-hydrogen) atoms.